The van der Waals surface area contributed by atoms with Gasteiger partial charge in [-0.3, -0.25) is 9.98 Å². The monoisotopic (exact) mass is 419 g/mol. The summed E-state index contributed by atoms with van der Waals surface area (Å²) >= 11 is 0. The summed E-state index contributed by atoms with van der Waals surface area (Å²) < 4.78 is 2.27. The van der Waals surface area contributed by atoms with Crippen LogP contribution in [0.15, 0.2) is 90.2 Å². The molecule has 0 spiro atoms. The van der Waals surface area contributed by atoms with Gasteiger partial charge >= 0.3 is 0 Å². The van der Waals surface area contributed by atoms with Crippen LogP contribution in [0, 0.1) is 6.92 Å². The van der Waals surface area contributed by atoms with Crippen molar-refractivity contribution in [2.75, 3.05) is 5.32 Å². The zero-order valence-corrected chi connectivity index (χ0v) is 18.4. The second kappa shape index (κ2) is 8.27. The Labute approximate surface area is 187 Å². The zero-order chi connectivity index (χ0) is 22.1. The Balaban J connectivity index is 1.83. The quantitative estimate of drug-likeness (QED) is 0.370. The van der Waals surface area contributed by atoms with Crippen molar-refractivity contribution in [2.45, 2.75) is 26.8 Å². The maximum Gasteiger partial charge on any atom is 0.0900 e. The number of aromatic nitrogens is 3. The van der Waals surface area contributed by atoms with E-state index in [0.717, 1.165) is 44.8 Å². The second-order valence-electron chi connectivity index (χ2n) is 8.22. The molecule has 32 heavy (non-hydrogen) atoms. The number of pyridine rings is 1. The molecule has 158 valence electrons. The van der Waals surface area contributed by atoms with Crippen LogP contribution in [0.5, 0.6) is 0 Å². The van der Waals surface area contributed by atoms with Crippen molar-refractivity contribution in [2.24, 2.45) is 4.99 Å². The fraction of sp³-hybridized carbons (Fsp3) is 0.148. The van der Waals surface area contributed by atoms with Gasteiger partial charge in [0, 0.05) is 17.9 Å². The second-order valence-corrected chi connectivity index (χ2v) is 8.22. The average molecular weight is 420 g/mol. The minimum atomic E-state index is 0.156. The van der Waals surface area contributed by atoms with Crippen molar-refractivity contribution in [1.82, 2.24) is 14.5 Å². The highest BCUT2D eigenvalue weighted by molar-refractivity contribution is 5.84. The highest BCUT2D eigenvalue weighted by Crippen LogP contribution is 2.30. The maximum absolute atomic E-state index is 4.99. The van der Waals surface area contributed by atoms with Gasteiger partial charge in [-0.1, -0.05) is 29.8 Å². The van der Waals surface area contributed by atoms with E-state index in [2.05, 4.69) is 90.2 Å². The van der Waals surface area contributed by atoms with Gasteiger partial charge in [0.05, 0.1) is 45.4 Å². The summed E-state index contributed by atoms with van der Waals surface area (Å²) in [5.74, 6) is 0. The Morgan fingerprint density at radius 1 is 0.938 bits per heavy atom. The molecular formula is C27H25N5. The molecule has 0 fully saturated rings. The van der Waals surface area contributed by atoms with E-state index in [4.69, 9.17) is 9.98 Å². The number of nitrogens with zero attached hydrogens (tertiary/aromatic N) is 4. The lowest BCUT2D eigenvalue weighted by atomic mass is 10.1. The van der Waals surface area contributed by atoms with E-state index in [1.165, 1.54) is 5.56 Å². The summed E-state index contributed by atoms with van der Waals surface area (Å²) in [5.41, 5.74) is 8.09. The van der Waals surface area contributed by atoms with E-state index in [1.807, 2.05) is 24.4 Å². The molecule has 0 radical (unpaired) electrons. The van der Waals surface area contributed by atoms with Crippen molar-refractivity contribution in [1.29, 1.82) is 0 Å². The van der Waals surface area contributed by atoms with Gasteiger partial charge in [-0.15, -0.1) is 0 Å². The van der Waals surface area contributed by atoms with E-state index < -0.39 is 0 Å². The number of anilines is 2. The van der Waals surface area contributed by atoms with Crippen molar-refractivity contribution >= 4 is 22.4 Å². The Bertz CT molecular complexity index is 1420. The number of hydrogen-bond donors (Lipinski definition) is 1. The number of rotatable bonds is 4. The Morgan fingerprint density at radius 3 is 2.50 bits per heavy atom. The number of nitrogens with one attached hydrogen (secondary N) is 1. The fourth-order valence-electron chi connectivity index (χ4n) is 3.89. The number of benzene rings is 3. The molecule has 2 heterocycles. The summed E-state index contributed by atoms with van der Waals surface area (Å²) in [6, 6.07) is 25.1. The van der Waals surface area contributed by atoms with Crippen molar-refractivity contribution in [3.05, 3.63) is 96.1 Å². The van der Waals surface area contributed by atoms with Crippen LogP contribution in [-0.2, 0) is 0 Å². The van der Waals surface area contributed by atoms with Crippen molar-refractivity contribution in [3.8, 4) is 17.1 Å². The minimum absolute atomic E-state index is 0.156. The fourth-order valence-corrected chi connectivity index (χ4v) is 3.89. The maximum atomic E-state index is 4.99. The zero-order valence-electron chi connectivity index (χ0n) is 18.4. The third-order valence-corrected chi connectivity index (χ3v) is 5.33. The number of aryl methyl sites for hydroxylation is 1. The normalized spacial score (nSPS) is 12.1. The van der Waals surface area contributed by atoms with Crippen LogP contribution in [0.1, 0.15) is 19.4 Å². The van der Waals surface area contributed by atoms with Crippen LogP contribution >= 0.6 is 0 Å². The van der Waals surface area contributed by atoms with E-state index in [9.17, 15) is 0 Å². The first-order valence-electron chi connectivity index (χ1n) is 10.8. The molecule has 5 nitrogen and oxygen atoms in total. The molecule has 1 aromatic heterocycles. The smallest absolute Gasteiger partial charge is 0.0900 e. The van der Waals surface area contributed by atoms with Gasteiger partial charge in [-0.25, -0.2) is 4.98 Å². The van der Waals surface area contributed by atoms with E-state index in [0.29, 0.717) is 0 Å². The summed E-state index contributed by atoms with van der Waals surface area (Å²) in [6.07, 6.45) is 3.58. The van der Waals surface area contributed by atoms with E-state index in [1.54, 1.807) is 6.20 Å². The minimum Gasteiger partial charge on any atom is -0.352 e. The van der Waals surface area contributed by atoms with Crippen LogP contribution < -0.4 is 10.7 Å². The van der Waals surface area contributed by atoms with Gasteiger partial charge in [-0.2, -0.15) is 0 Å². The van der Waals surface area contributed by atoms with E-state index >= 15 is 0 Å². The lowest BCUT2D eigenvalue weighted by Gasteiger charge is -2.20. The lowest BCUT2D eigenvalue weighted by Crippen LogP contribution is -2.16. The summed E-state index contributed by atoms with van der Waals surface area (Å²) in [4.78, 5) is 14.1. The van der Waals surface area contributed by atoms with Crippen LogP contribution in [0.2, 0.25) is 0 Å². The topological polar surface area (TPSA) is 55.1 Å². The summed E-state index contributed by atoms with van der Waals surface area (Å²) in [7, 11) is 0. The average Bonchev–Trinajstić information content (AvgIpc) is 2.79. The molecule has 1 aliphatic heterocycles. The first kappa shape index (κ1) is 19.9. The van der Waals surface area contributed by atoms with Gasteiger partial charge in [0.1, 0.15) is 0 Å². The highest BCUT2D eigenvalue weighted by Gasteiger charge is 2.16. The molecule has 0 amide bonds. The van der Waals surface area contributed by atoms with Gasteiger partial charge in [0.25, 0.3) is 0 Å². The molecule has 0 saturated carbocycles. The van der Waals surface area contributed by atoms with Gasteiger partial charge in [0.15, 0.2) is 0 Å². The third-order valence-electron chi connectivity index (χ3n) is 5.33. The number of para-hydroxylation sites is 2. The molecule has 2 aromatic carbocycles. The van der Waals surface area contributed by atoms with Crippen molar-refractivity contribution < 1.29 is 0 Å². The SMILES string of the molecule is Cc1ccc(-n2c3cc(=NC(C)C)c(Nc4cccnc4)cc-3nc3ccccc32)cc1. The van der Waals surface area contributed by atoms with Gasteiger partial charge in [0.2, 0.25) is 0 Å². The number of fused-ring (bicyclic) bond motifs is 2. The molecule has 1 N–H and O–H groups in total. The highest BCUT2D eigenvalue weighted by atomic mass is 15.0. The summed E-state index contributed by atoms with van der Waals surface area (Å²) in [6.45, 7) is 6.28. The molecular weight excluding hydrogens is 394 g/mol. The molecule has 0 saturated heterocycles. The van der Waals surface area contributed by atoms with Gasteiger partial charge in [-0.05, 0) is 69.3 Å². The Morgan fingerprint density at radius 2 is 1.75 bits per heavy atom. The molecule has 2 aliphatic rings. The third kappa shape index (κ3) is 3.85. The van der Waals surface area contributed by atoms with Crippen LogP contribution in [0.3, 0.4) is 0 Å². The van der Waals surface area contributed by atoms with Crippen LogP contribution in [0.25, 0.3) is 28.1 Å². The van der Waals surface area contributed by atoms with Crippen molar-refractivity contribution in [3.63, 3.8) is 0 Å². The Kier molecular flexibility index (Phi) is 5.15. The predicted molar refractivity (Wildman–Crippen MR) is 131 cm³/mol. The largest absolute Gasteiger partial charge is 0.352 e. The first-order valence-corrected chi connectivity index (χ1v) is 10.8. The van der Waals surface area contributed by atoms with Gasteiger partial charge < -0.3 is 9.88 Å². The molecule has 0 unspecified atom stereocenters. The summed E-state index contributed by atoms with van der Waals surface area (Å²) in [5, 5.41) is 4.38. The molecule has 0 atom stereocenters. The van der Waals surface area contributed by atoms with Crippen LogP contribution in [0.4, 0.5) is 11.4 Å². The molecule has 3 aromatic rings. The molecule has 5 heteroatoms. The predicted octanol–water partition coefficient (Wildman–Crippen LogP) is 5.89. The molecule has 0 bridgehead atoms. The Hall–Kier alpha value is -3.99. The molecule has 5 rings (SSSR count). The first-order chi connectivity index (χ1) is 15.6. The molecule has 1 aliphatic carbocycles. The van der Waals surface area contributed by atoms with E-state index in [-0.39, 0.29) is 6.04 Å². The standard InChI is InChI=1S/C27H25N5/c1-18(2)29-24-16-27-25(15-23(24)30-20-7-6-14-28-17-20)31-22-8-4-5-9-26(22)32(27)21-12-10-19(3)11-13-21/h4-18,30H,1-3H3. The lowest BCUT2D eigenvalue weighted by molar-refractivity contribution is 0.806. The van der Waals surface area contributed by atoms with Crippen LogP contribution in [-0.4, -0.2) is 20.6 Å². The number of hydrogen-bond acceptors (Lipinski definition) is 4.